The zero-order chi connectivity index (χ0) is 15.3. The van der Waals surface area contributed by atoms with E-state index in [0.29, 0.717) is 16.9 Å². The molecule has 2 aliphatic rings. The fourth-order valence-corrected chi connectivity index (χ4v) is 4.08. The predicted molar refractivity (Wildman–Crippen MR) is 87.7 cm³/mol. The Bertz CT molecular complexity index is 518. The maximum Gasteiger partial charge on any atom is 0.126 e. The smallest absolute Gasteiger partial charge is 0.126 e. The molecule has 0 aromatic heterocycles. The van der Waals surface area contributed by atoms with Gasteiger partial charge in [-0.2, -0.15) is 0 Å². The second-order valence-electron chi connectivity index (χ2n) is 7.94. The van der Waals surface area contributed by atoms with Crippen LogP contribution in [0.3, 0.4) is 0 Å². The van der Waals surface area contributed by atoms with Crippen LogP contribution in [0.5, 0.6) is 5.75 Å². The maximum absolute atomic E-state index is 5.97. The molecule has 2 heteroatoms. The van der Waals surface area contributed by atoms with E-state index in [1.165, 1.54) is 17.5 Å². The summed E-state index contributed by atoms with van der Waals surface area (Å²) < 4.78 is 5.97. The summed E-state index contributed by atoms with van der Waals surface area (Å²) in [5.41, 5.74) is 3.52. The van der Waals surface area contributed by atoms with Gasteiger partial charge in [-0.1, -0.05) is 45.9 Å². The summed E-state index contributed by atoms with van der Waals surface area (Å²) in [6, 6.07) is 6.97. The lowest BCUT2D eigenvalue weighted by Gasteiger charge is -2.20. The highest BCUT2D eigenvalue weighted by Gasteiger charge is 2.63. The van der Waals surface area contributed by atoms with Crippen LogP contribution in [0.15, 0.2) is 18.2 Å². The van der Waals surface area contributed by atoms with Crippen molar-refractivity contribution >= 4 is 0 Å². The van der Waals surface area contributed by atoms with Gasteiger partial charge in [-0.3, -0.25) is 0 Å². The van der Waals surface area contributed by atoms with Crippen molar-refractivity contribution in [3.63, 3.8) is 0 Å². The SMILES string of the molecule is Cc1cccc2c1OCCCC2NCC1C(C)(C)C1(C)C. The van der Waals surface area contributed by atoms with Gasteiger partial charge in [0.05, 0.1) is 6.61 Å². The van der Waals surface area contributed by atoms with Gasteiger partial charge in [0.25, 0.3) is 0 Å². The molecular formula is C19H29NO. The number of para-hydroxylation sites is 1. The van der Waals surface area contributed by atoms with E-state index in [0.717, 1.165) is 31.2 Å². The van der Waals surface area contributed by atoms with E-state index in [-0.39, 0.29) is 0 Å². The molecule has 1 aromatic rings. The third-order valence-corrected chi connectivity index (χ3v) is 6.39. The minimum Gasteiger partial charge on any atom is -0.493 e. The Hall–Kier alpha value is -1.02. The second-order valence-corrected chi connectivity index (χ2v) is 7.94. The van der Waals surface area contributed by atoms with Gasteiger partial charge in [-0.15, -0.1) is 0 Å². The van der Waals surface area contributed by atoms with Gasteiger partial charge < -0.3 is 10.1 Å². The first-order valence-electron chi connectivity index (χ1n) is 8.31. The van der Waals surface area contributed by atoms with Gasteiger partial charge in [0.1, 0.15) is 5.75 Å². The second kappa shape index (κ2) is 5.01. The van der Waals surface area contributed by atoms with Crippen LogP contribution in [0, 0.1) is 23.7 Å². The van der Waals surface area contributed by atoms with E-state index in [1.807, 2.05) is 0 Å². The first-order valence-corrected chi connectivity index (χ1v) is 8.31. The molecule has 1 aliphatic heterocycles. The fourth-order valence-electron chi connectivity index (χ4n) is 4.08. The number of hydrogen-bond donors (Lipinski definition) is 1. The zero-order valence-electron chi connectivity index (χ0n) is 14.1. The van der Waals surface area contributed by atoms with Crippen LogP contribution in [0.2, 0.25) is 0 Å². The highest BCUT2D eigenvalue weighted by atomic mass is 16.5. The molecule has 0 radical (unpaired) electrons. The molecular weight excluding hydrogens is 258 g/mol. The van der Waals surface area contributed by atoms with Gasteiger partial charge in [0.2, 0.25) is 0 Å². The van der Waals surface area contributed by atoms with Crippen LogP contribution >= 0.6 is 0 Å². The normalized spacial score (nSPS) is 26.6. The van der Waals surface area contributed by atoms with Crippen molar-refractivity contribution in [2.75, 3.05) is 13.2 Å². The number of rotatable bonds is 3. The molecule has 1 N–H and O–H groups in total. The van der Waals surface area contributed by atoms with Crippen LogP contribution in [0.25, 0.3) is 0 Å². The first-order chi connectivity index (χ1) is 9.85. The van der Waals surface area contributed by atoms with Gasteiger partial charge in [0.15, 0.2) is 0 Å². The minimum absolute atomic E-state index is 0.439. The number of benzene rings is 1. The molecule has 1 atom stereocenters. The Morgan fingerprint density at radius 3 is 2.57 bits per heavy atom. The van der Waals surface area contributed by atoms with Crippen molar-refractivity contribution < 1.29 is 4.74 Å². The molecule has 1 aliphatic carbocycles. The Kier molecular flexibility index (Phi) is 3.56. The zero-order valence-corrected chi connectivity index (χ0v) is 14.1. The van der Waals surface area contributed by atoms with Crippen LogP contribution in [0.1, 0.15) is 57.7 Å². The molecule has 1 saturated carbocycles. The first kappa shape index (κ1) is 14.9. The molecule has 0 saturated heterocycles. The standard InChI is InChI=1S/C19H29NO/c1-13-8-6-9-14-15(10-7-11-21-17(13)14)20-12-16-18(2,3)19(16,4)5/h6,8-9,15-16,20H,7,10-12H2,1-5H3. The summed E-state index contributed by atoms with van der Waals surface area (Å²) in [6.07, 6.45) is 2.30. The molecule has 1 heterocycles. The van der Waals surface area contributed by atoms with E-state index in [2.05, 4.69) is 58.1 Å². The quantitative estimate of drug-likeness (QED) is 0.885. The molecule has 0 spiro atoms. The Morgan fingerprint density at radius 2 is 1.90 bits per heavy atom. The van der Waals surface area contributed by atoms with E-state index in [4.69, 9.17) is 4.74 Å². The molecule has 2 nitrogen and oxygen atoms in total. The molecule has 116 valence electrons. The maximum atomic E-state index is 5.97. The lowest BCUT2D eigenvalue weighted by Crippen LogP contribution is -2.25. The average molecular weight is 287 g/mol. The van der Waals surface area contributed by atoms with E-state index in [1.54, 1.807) is 0 Å². The number of ether oxygens (including phenoxy) is 1. The van der Waals surface area contributed by atoms with Crippen LogP contribution in [-0.4, -0.2) is 13.2 Å². The monoisotopic (exact) mass is 287 g/mol. The lowest BCUT2D eigenvalue weighted by atomic mass is 9.99. The summed E-state index contributed by atoms with van der Waals surface area (Å²) in [5.74, 6) is 1.88. The van der Waals surface area contributed by atoms with Crippen LogP contribution in [-0.2, 0) is 0 Å². The summed E-state index contributed by atoms with van der Waals surface area (Å²) in [7, 11) is 0. The van der Waals surface area contributed by atoms with Crippen LogP contribution in [0.4, 0.5) is 0 Å². The molecule has 0 amide bonds. The fraction of sp³-hybridized carbons (Fsp3) is 0.684. The van der Waals surface area contributed by atoms with E-state index < -0.39 is 0 Å². The topological polar surface area (TPSA) is 21.3 Å². The Labute approximate surface area is 129 Å². The van der Waals surface area contributed by atoms with Crippen molar-refractivity contribution in [2.45, 2.75) is 53.5 Å². The third-order valence-electron chi connectivity index (χ3n) is 6.39. The van der Waals surface area contributed by atoms with Gasteiger partial charge >= 0.3 is 0 Å². The molecule has 0 bridgehead atoms. The van der Waals surface area contributed by atoms with Gasteiger partial charge in [-0.05, 0) is 48.6 Å². The summed E-state index contributed by atoms with van der Waals surface area (Å²) in [4.78, 5) is 0. The molecule has 1 fully saturated rings. The highest BCUT2D eigenvalue weighted by molar-refractivity contribution is 5.43. The van der Waals surface area contributed by atoms with Gasteiger partial charge in [0, 0.05) is 11.6 Å². The van der Waals surface area contributed by atoms with E-state index in [9.17, 15) is 0 Å². The predicted octanol–water partition coefficient (Wildman–Crippen LogP) is 4.48. The molecule has 1 aromatic carbocycles. The number of aryl methyl sites for hydroxylation is 1. The van der Waals surface area contributed by atoms with Crippen molar-refractivity contribution in [3.8, 4) is 5.75 Å². The van der Waals surface area contributed by atoms with Crippen LogP contribution < -0.4 is 10.1 Å². The van der Waals surface area contributed by atoms with Crippen molar-refractivity contribution in [1.29, 1.82) is 0 Å². The minimum atomic E-state index is 0.439. The number of nitrogens with one attached hydrogen (secondary N) is 1. The van der Waals surface area contributed by atoms with Crippen molar-refractivity contribution in [2.24, 2.45) is 16.7 Å². The summed E-state index contributed by atoms with van der Waals surface area (Å²) in [5, 5.41) is 3.84. The average Bonchev–Trinajstić information content (AvgIpc) is 2.91. The highest BCUT2D eigenvalue weighted by Crippen LogP contribution is 2.68. The third kappa shape index (κ3) is 2.38. The molecule has 21 heavy (non-hydrogen) atoms. The molecule has 1 unspecified atom stereocenters. The van der Waals surface area contributed by atoms with Crippen molar-refractivity contribution in [3.05, 3.63) is 29.3 Å². The largest absolute Gasteiger partial charge is 0.493 e. The van der Waals surface area contributed by atoms with E-state index >= 15 is 0 Å². The number of hydrogen-bond acceptors (Lipinski definition) is 2. The van der Waals surface area contributed by atoms with Gasteiger partial charge in [-0.25, -0.2) is 0 Å². The summed E-state index contributed by atoms with van der Waals surface area (Å²) in [6.45, 7) is 13.7. The molecule has 3 rings (SSSR count). The lowest BCUT2D eigenvalue weighted by molar-refractivity contribution is 0.313. The number of fused-ring (bicyclic) bond motifs is 1. The Morgan fingerprint density at radius 1 is 1.19 bits per heavy atom. The van der Waals surface area contributed by atoms with Crippen molar-refractivity contribution in [1.82, 2.24) is 5.32 Å². The Balaban J connectivity index is 1.74. The summed E-state index contributed by atoms with van der Waals surface area (Å²) >= 11 is 0.